The molecule has 0 spiro atoms. The molecule has 0 unspecified atom stereocenters. The Morgan fingerprint density at radius 3 is 2.32 bits per heavy atom. The van der Waals surface area contributed by atoms with Crippen molar-refractivity contribution in [2.45, 2.75) is 104 Å². The summed E-state index contributed by atoms with van der Waals surface area (Å²) in [5.41, 5.74) is 2.29. The number of carboxylic acids is 1. The Morgan fingerprint density at radius 2 is 1.82 bits per heavy atom. The number of nitrogens with zero attached hydrogens (tertiary/aromatic N) is 1. The zero-order valence-electron chi connectivity index (χ0n) is 21.6. The summed E-state index contributed by atoms with van der Waals surface area (Å²) in [6.07, 6.45) is 7.93. The first kappa shape index (κ1) is 25.3. The van der Waals surface area contributed by atoms with Gasteiger partial charge in [0.15, 0.2) is 0 Å². The van der Waals surface area contributed by atoms with Crippen LogP contribution in [-0.4, -0.2) is 27.4 Å². The first-order valence-corrected chi connectivity index (χ1v) is 13.2. The second kappa shape index (κ2) is 8.40. The van der Waals surface area contributed by atoms with E-state index in [2.05, 4.69) is 65.9 Å². The second-order valence-electron chi connectivity index (χ2n) is 12.9. The highest BCUT2D eigenvalue weighted by molar-refractivity contribution is 6.31. The zero-order chi connectivity index (χ0) is 25.1. The number of fused-ring (bicyclic) bond motifs is 2. The summed E-state index contributed by atoms with van der Waals surface area (Å²) < 4.78 is 0. The molecule has 3 aliphatic rings. The van der Waals surface area contributed by atoms with E-state index in [4.69, 9.17) is 11.6 Å². The standard InChI is InChI=1S/C29H40ClNO3/c1-19(2)22-17-31(29-13-11-28(18-29,12-14-29)25(33)34)24(32)16-27(22,6)21-8-7-20(23(30)15-21)9-10-26(3,4)5/h7-8,15,17,19H,9-14,16,18H2,1-6H3,(H,33,34)/t27-,28?,29?/m0/s1. The quantitative estimate of drug-likeness (QED) is 0.466. The fraction of sp³-hybridized carbons (Fsp3) is 0.655. The third kappa shape index (κ3) is 4.21. The summed E-state index contributed by atoms with van der Waals surface area (Å²) in [5.74, 6) is -0.346. The van der Waals surface area contributed by atoms with Crippen molar-refractivity contribution in [3.8, 4) is 0 Å². The fourth-order valence-electron chi connectivity index (χ4n) is 6.70. The van der Waals surface area contributed by atoms with Crippen LogP contribution in [-0.2, 0) is 21.4 Å². The minimum Gasteiger partial charge on any atom is -0.481 e. The monoisotopic (exact) mass is 485 g/mol. The van der Waals surface area contributed by atoms with E-state index in [0.717, 1.165) is 41.8 Å². The predicted octanol–water partition coefficient (Wildman–Crippen LogP) is 7.14. The first-order chi connectivity index (χ1) is 15.7. The number of rotatable bonds is 6. The number of carboxylic acid groups (broad SMARTS) is 1. The van der Waals surface area contributed by atoms with Crippen molar-refractivity contribution in [3.63, 3.8) is 0 Å². The fourth-order valence-corrected chi connectivity index (χ4v) is 6.97. The number of halogens is 1. The Labute approximate surface area is 209 Å². The van der Waals surface area contributed by atoms with Gasteiger partial charge in [0, 0.05) is 28.6 Å². The molecule has 2 aliphatic carbocycles. The van der Waals surface area contributed by atoms with E-state index in [9.17, 15) is 14.7 Å². The lowest BCUT2D eigenvalue weighted by molar-refractivity contribution is -0.148. The van der Waals surface area contributed by atoms with Gasteiger partial charge in [-0.15, -0.1) is 0 Å². The number of aliphatic carboxylic acids is 1. The van der Waals surface area contributed by atoms with Gasteiger partial charge in [0.05, 0.1) is 5.41 Å². The molecule has 1 aliphatic heterocycles. The summed E-state index contributed by atoms with van der Waals surface area (Å²) in [6, 6.07) is 6.36. The second-order valence-corrected chi connectivity index (χ2v) is 13.3. The molecular formula is C29H40ClNO3. The lowest BCUT2D eigenvalue weighted by atomic mass is 9.67. The van der Waals surface area contributed by atoms with Crippen molar-refractivity contribution >= 4 is 23.5 Å². The van der Waals surface area contributed by atoms with Crippen molar-refractivity contribution in [1.29, 1.82) is 0 Å². The van der Waals surface area contributed by atoms with E-state index in [1.54, 1.807) is 0 Å². The van der Waals surface area contributed by atoms with Crippen molar-refractivity contribution < 1.29 is 14.7 Å². The summed E-state index contributed by atoms with van der Waals surface area (Å²) in [5, 5.41) is 10.6. The highest BCUT2D eigenvalue weighted by atomic mass is 35.5. The van der Waals surface area contributed by atoms with Crippen LogP contribution in [0, 0.1) is 16.7 Å². The normalized spacial score (nSPS) is 31.4. The van der Waals surface area contributed by atoms with Gasteiger partial charge in [-0.1, -0.05) is 65.3 Å². The van der Waals surface area contributed by atoms with Crippen LogP contribution >= 0.6 is 11.6 Å². The molecule has 0 radical (unpaired) electrons. The van der Waals surface area contributed by atoms with Gasteiger partial charge >= 0.3 is 5.97 Å². The van der Waals surface area contributed by atoms with Crippen molar-refractivity contribution in [1.82, 2.24) is 4.90 Å². The number of aryl methyl sites for hydroxylation is 1. The van der Waals surface area contributed by atoms with Gasteiger partial charge < -0.3 is 10.0 Å². The summed E-state index contributed by atoms with van der Waals surface area (Å²) in [6.45, 7) is 13.2. The van der Waals surface area contributed by atoms with E-state index < -0.39 is 16.8 Å². The third-order valence-electron chi connectivity index (χ3n) is 8.91. The molecule has 2 saturated carbocycles. The topological polar surface area (TPSA) is 57.6 Å². The van der Waals surface area contributed by atoms with Crippen LogP contribution in [0.5, 0.6) is 0 Å². The maximum Gasteiger partial charge on any atom is 0.309 e. The van der Waals surface area contributed by atoms with E-state index in [1.165, 1.54) is 5.57 Å². The molecule has 5 heteroatoms. The van der Waals surface area contributed by atoms with Crippen LogP contribution in [0.15, 0.2) is 30.0 Å². The highest BCUT2D eigenvalue weighted by Gasteiger charge is 2.62. The van der Waals surface area contributed by atoms with Gasteiger partial charge in [0.2, 0.25) is 5.91 Å². The lowest BCUT2D eigenvalue weighted by Gasteiger charge is -2.47. The van der Waals surface area contributed by atoms with Crippen LogP contribution in [0.4, 0.5) is 0 Å². The number of carbonyl (C=O) groups excluding carboxylic acids is 1. The van der Waals surface area contributed by atoms with Crippen molar-refractivity contribution in [2.75, 3.05) is 0 Å². The van der Waals surface area contributed by atoms with Crippen LogP contribution in [0.25, 0.3) is 0 Å². The van der Waals surface area contributed by atoms with Crippen LogP contribution in [0.2, 0.25) is 5.02 Å². The van der Waals surface area contributed by atoms with Gasteiger partial charge in [-0.3, -0.25) is 9.59 Å². The van der Waals surface area contributed by atoms with Gasteiger partial charge in [-0.25, -0.2) is 0 Å². The average molecular weight is 486 g/mol. The number of hydrogen-bond donors (Lipinski definition) is 1. The molecule has 0 aromatic heterocycles. The number of benzene rings is 1. The van der Waals surface area contributed by atoms with E-state index in [1.807, 2.05) is 4.90 Å². The molecule has 2 bridgehead atoms. The maximum atomic E-state index is 13.7. The number of carbonyl (C=O) groups is 2. The zero-order valence-corrected chi connectivity index (χ0v) is 22.4. The average Bonchev–Trinajstić information content (AvgIpc) is 3.31. The van der Waals surface area contributed by atoms with Gasteiger partial charge in [-0.2, -0.15) is 0 Å². The van der Waals surface area contributed by atoms with E-state index >= 15 is 0 Å². The summed E-state index contributed by atoms with van der Waals surface area (Å²) in [7, 11) is 0. The molecule has 1 aromatic rings. The highest BCUT2D eigenvalue weighted by Crippen LogP contribution is 2.60. The first-order valence-electron chi connectivity index (χ1n) is 12.8. The third-order valence-corrected chi connectivity index (χ3v) is 9.26. The maximum absolute atomic E-state index is 13.7. The molecule has 1 heterocycles. The molecule has 0 saturated heterocycles. The van der Waals surface area contributed by atoms with Crippen molar-refractivity contribution in [2.24, 2.45) is 16.7 Å². The minimum atomic E-state index is -0.699. The molecule has 1 amide bonds. The Bertz CT molecular complexity index is 1030. The molecule has 1 aromatic carbocycles. The Balaban J connectivity index is 1.67. The van der Waals surface area contributed by atoms with E-state index in [-0.39, 0.29) is 22.8 Å². The van der Waals surface area contributed by atoms with Crippen molar-refractivity contribution in [3.05, 3.63) is 46.1 Å². The Morgan fingerprint density at radius 1 is 1.18 bits per heavy atom. The Hall–Kier alpha value is -1.81. The van der Waals surface area contributed by atoms with Crippen LogP contribution in [0.1, 0.15) is 97.6 Å². The molecule has 4 nitrogen and oxygen atoms in total. The lowest BCUT2D eigenvalue weighted by Crippen LogP contribution is -2.51. The Kier molecular flexibility index (Phi) is 6.24. The molecule has 186 valence electrons. The smallest absolute Gasteiger partial charge is 0.309 e. The number of hydrogen-bond acceptors (Lipinski definition) is 2. The molecule has 1 atom stereocenters. The summed E-state index contributed by atoms with van der Waals surface area (Å²) in [4.78, 5) is 27.6. The van der Waals surface area contributed by atoms with Gasteiger partial charge in [0.25, 0.3) is 0 Å². The number of allylic oxidation sites excluding steroid dienone is 1. The van der Waals surface area contributed by atoms with E-state index in [0.29, 0.717) is 25.7 Å². The minimum absolute atomic E-state index is 0.0999. The largest absolute Gasteiger partial charge is 0.481 e. The molecule has 4 rings (SSSR count). The van der Waals surface area contributed by atoms with Crippen LogP contribution in [0.3, 0.4) is 0 Å². The SMILES string of the molecule is CC(C)C1=CN(C23CCC(C(=O)O)(CC2)C3)C(=O)C[C@@]1(C)c1ccc(CCC(C)(C)C)c(Cl)c1. The van der Waals surface area contributed by atoms with Crippen LogP contribution < -0.4 is 0 Å². The number of amides is 1. The molecular weight excluding hydrogens is 446 g/mol. The molecule has 2 fully saturated rings. The predicted molar refractivity (Wildman–Crippen MR) is 137 cm³/mol. The van der Waals surface area contributed by atoms with Gasteiger partial charge in [0.1, 0.15) is 0 Å². The molecule has 1 N–H and O–H groups in total. The summed E-state index contributed by atoms with van der Waals surface area (Å²) >= 11 is 6.76. The van der Waals surface area contributed by atoms with Gasteiger partial charge in [-0.05, 0) is 79.0 Å². The molecule has 34 heavy (non-hydrogen) atoms.